The van der Waals surface area contributed by atoms with Crippen LogP contribution in [0.5, 0.6) is 5.75 Å². The number of phenols is 1. The SMILES string of the molecule is Oc1c(F)ccc(F)c1[C@H]1CCCN1. The topological polar surface area (TPSA) is 32.3 Å². The molecule has 1 aliphatic heterocycles. The summed E-state index contributed by atoms with van der Waals surface area (Å²) >= 11 is 0. The number of rotatable bonds is 1. The molecule has 1 aliphatic rings. The van der Waals surface area contributed by atoms with Crippen LogP contribution < -0.4 is 5.32 Å². The van der Waals surface area contributed by atoms with Gasteiger partial charge in [0.1, 0.15) is 5.82 Å². The van der Waals surface area contributed by atoms with E-state index in [0.29, 0.717) is 0 Å². The van der Waals surface area contributed by atoms with Gasteiger partial charge in [0.15, 0.2) is 11.6 Å². The second-order valence-corrected chi connectivity index (χ2v) is 3.44. The zero-order chi connectivity index (χ0) is 10.1. The van der Waals surface area contributed by atoms with Crippen molar-refractivity contribution in [3.05, 3.63) is 29.3 Å². The van der Waals surface area contributed by atoms with Crippen LogP contribution >= 0.6 is 0 Å². The van der Waals surface area contributed by atoms with E-state index in [2.05, 4.69) is 5.32 Å². The van der Waals surface area contributed by atoms with Crippen molar-refractivity contribution in [1.29, 1.82) is 0 Å². The van der Waals surface area contributed by atoms with Crippen LogP contribution in [-0.4, -0.2) is 11.7 Å². The summed E-state index contributed by atoms with van der Waals surface area (Å²) in [6.07, 6.45) is 1.65. The standard InChI is InChI=1S/C10H11F2NO/c11-6-3-4-7(12)10(14)9(6)8-2-1-5-13-8/h3-4,8,13-14H,1-2,5H2/t8-/m1/s1. The number of phenolic OH excluding ortho intramolecular Hbond substituents is 1. The first-order chi connectivity index (χ1) is 6.70. The van der Waals surface area contributed by atoms with E-state index in [4.69, 9.17) is 0 Å². The van der Waals surface area contributed by atoms with Crippen molar-refractivity contribution in [2.45, 2.75) is 18.9 Å². The Kier molecular flexibility index (Phi) is 2.37. The lowest BCUT2D eigenvalue weighted by molar-refractivity contribution is 0.406. The van der Waals surface area contributed by atoms with Gasteiger partial charge < -0.3 is 10.4 Å². The molecule has 0 aromatic heterocycles. The lowest BCUT2D eigenvalue weighted by Gasteiger charge is -2.13. The molecule has 14 heavy (non-hydrogen) atoms. The van der Waals surface area contributed by atoms with Gasteiger partial charge in [-0.05, 0) is 31.5 Å². The van der Waals surface area contributed by atoms with Crippen molar-refractivity contribution in [3.63, 3.8) is 0 Å². The zero-order valence-corrected chi connectivity index (χ0v) is 7.56. The molecule has 1 atom stereocenters. The second kappa shape index (κ2) is 3.53. The van der Waals surface area contributed by atoms with Gasteiger partial charge in [0.25, 0.3) is 0 Å². The predicted octanol–water partition coefficient (Wildman–Crippen LogP) is 2.09. The van der Waals surface area contributed by atoms with Gasteiger partial charge in [0, 0.05) is 11.6 Å². The molecule has 4 heteroatoms. The largest absolute Gasteiger partial charge is 0.505 e. The van der Waals surface area contributed by atoms with Crippen LogP contribution in [0.1, 0.15) is 24.4 Å². The van der Waals surface area contributed by atoms with Crippen molar-refractivity contribution in [2.24, 2.45) is 0 Å². The smallest absolute Gasteiger partial charge is 0.165 e. The number of benzene rings is 1. The Morgan fingerprint density at radius 2 is 2.00 bits per heavy atom. The molecule has 1 aromatic rings. The first-order valence-electron chi connectivity index (χ1n) is 4.60. The maximum absolute atomic E-state index is 13.3. The molecule has 1 saturated heterocycles. The van der Waals surface area contributed by atoms with Gasteiger partial charge in [0.05, 0.1) is 0 Å². The molecule has 76 valence electrons. The first kappa shape index (κ1) is 9.40. The third-order valence-electron chi connectivity index (χ3n) is 2.52. The third kappa shape index (κ3) is 1.46. The number of halogens is 2. The number of hydrogen-bond donors (Lipinski definition) is 2. The van der Waals surface area contributed by atoms with Crippen molar-refractivity contribution >= 4 is 0 Å². The van der Waals surface area contributed by atoms with Crippen LogP contribution in [0.3, 0.4) is 0 Å². The lowest BCUT2D eigenvalue weighted by atomic mass is 10.0. The maximum atomic E-state index is 13.3. The molecule has 0 amide bonds. The Balaban J connectivity index is 2.44. The van der Waals surface area contributed by atoms with E-state index in [1.807, 2.05) is 0 Å². The molecule has 2 N–H and O–H groups in total. The van der Waals surface area contributed by atoms with E-state index in [1.54, 1.807) is 0 Å². The third-order valence-corrected chi connectivity index (χ3v) is 2.52. The van der Waals surface area contributed by atoms with Crippen molar-refractivity contribution in [3.8, 4) is 5.75 Å². The first-order valence-corrected chi connectivity index (χ1v) is 4.60. The van der Waals surface area contributed by atoms with Gasteiger partial charge in [-0.2, -0.15) is 0 Å². The highest BCUT2D eigenvalue weighted by Crippen LogP contribution is 2.33. The Morgan fingerprint density at radius 1 is 1.29 bits per heavy atom. The Bertz CT molecular complexity index is 348. The summed E-state index contributed by atoms with van der Waals surface area (Å²) in [7, 11) is 0. The molecule has 1 heterocycles. The Morgan fingerprint density at radius 3 is 2.64 bits per heavy atom. The van der Waals surface area contributed by atoms with E-state index in [0.717, 1.165) is 31.5 Å². The molecule has 1 aromatic carbocycles. The fraction of sp³-hybridized carbons (Fsp3) is 0.400. The van der Waals surface area contributed by atoms with Crippen LogP contribution in [0.25, 0.3) is 0 Å². The van der Waals surface area contributed by atoms with Crippen LogP contribution in [0.15, 0.2) is 12.1 Å². The fourth-order valence-electron chi connectivity index (χ4n) is 1.82. The van der Waals surface area contributed by atoms with Crippen LogP contribution in [0.4, 0.5) is 8.78 Å². The van der Waals surface area contributed by atoms with Crippen LogP contribution in [-0.2, 0) is 0 Å². The predicted molar refractivity (Wildman–Crippen MR) is 48.0 cm³/mol. The second-order valence-electron chi connectivity index (χ2n) is 3.44. The molecule has 0 bridgehead atoms. The Labute approximate surface area is 80.6 Å². The minimum atomic E-state index is -0.768. The average Bonchev–Trinajstić information content (AvgIpc) is 2.65. The number of nitrogens with one attached hydrogen (secondary N) is 1. The van der Waals surface area contributed by atoms with Crippen LogP contribution in [0.2, 0.25) is 0 Å². The fourth-order valence-corrected chi connectivity index (χ4v) is 1.82. The molecule has 2 rings (SSSR count). The van der Waals surface area contributed by atoms with Crippen LogP contribution in [0, 0.1) is 11.6 Å². The molecular formula is C10H11F2NO. The number of aromatic hydroxyl groups is 1. The van der Waals surface area contributed by atoms with Gasteiger partial charge in [-0.1, -0.05) is 0 Å². The number of hydrogen-bond acceptors (Lipinski definition) is 2. The summed E-state index contributed by atoms with van der Waals surface area (Å²) in [5.41, 5.74) is 0.0579. The molecule has 0 spiro atoms. The van der Waals surface area contributed by atoms with Gasteiger partial charge in [-0.3, -0.25) is 0 Å². The zero-order valence-electron chi connectivity index (χ0n) is 7.56. The van der Waals surface area contributed by atoms with E-state index in [9.17, 15) is 13.9 Å². The quantitative estimate of drug-likeness (QED) is 0.725. The summed E-state index contributed by atoms with van der Waals surface area (Å²) in [5.74, 6) is -1.89. The summed E-state index contributed by atoms with van der Waals surface area (Å²) < 4.78 is 26.3. The Hall–Kier alpha value is -1.16. The van der Waals surface area contributed by atoms with Crippen molar-refractivity contribution < 1.29 is 13.9 Å². The molecule has 0 aliphatic carbocycles. The van der Waals surface area contributed by atoms with E-state index >= 15 is 0 Å². The molecule has 0 unspecified atom stereocenters. The molecular weight excluding hydrogens is 188 g/mol. The highest BCUT2D eigenvalue weighted by Gasteiger charge is 2.24. The monoisotopic (exact) mass is 199 g/mol. The molecule has 1 fully saturated rings. The van der Waals surface area contributed by atoms with Gasteiger partial charge in [-0.15, -0.1) is 0 Å². The minimum Gasteiger partial charge on any atom is -0.505 e. The summed E-state index contributed by atoms with van der Waals surface area (Å²) in [6, 6.07) is 1.72. The molecule has 2 nitrogen and oxygen atoms in total. The van der Waals surface area contributed by atoms with Crippen molar-refractivity contribution in [1.82, 2.24) is 5.32 Å². The minimum absolute atomic E-state index is 0.0579. The average molecular weight is 199 g/mol. The summed E-state index contributed by atoms with van der Waals surface area (Å²) in [6.45, 7) is 0.778. The highest BCUT2D eigenvalue weighted by atomic mass is 19.1. The molecule has 0 saturated carbocycles. The van der Waals surface area contributed by atoms with E-state index in [1.165, 1.54) is 0 Å². The summed E-state index contributed by atoms with van der Waals surface area (Å²) in [4.78, 5) is 0. The van der Waals surface area contributed by atoms with Crippen molar-refractivity contribution in [2.75, 3.05) is 6.54 Å². The van der Waals surface area contributed by atoms with Gasteiger partial charge in [0.2, 0.25) is 0 Å². The highest BCUT2D eigenvalue weighted by molar-refractivity contribution is 5.37. The normalized spacial score (nSPS) is 21.4. The van der Waals surface area contributed by atoms with E-state index < -0.39 is 17.4 Å². The molecule has 0 radical (unpaired) electrons. The summed E-state index contributed by atoms with van der Waals surface area (Å²) in [5, 5.41) is 12.4. The van der Waals surface area contributed by atoms with Gasteiger partial charge >= 0.3 is 0 Å². The van der Waals surface area contributed by atoms with E-state index in [-0.39, 0.29) is 11.6 Å². The van der Waals surface area contributed by atoms with Gasteiger partial charge in [-0.25, -0.2) is 8.78 Å². The maximum Gasteiger partial charge on any atom is 0.165 e. The lowest BCUT2D eigenvalue weighted by Crippen LogP contribution is -2.14.